The van der Waals surface area contributed by atoms with Crippen molar-refractivity contribution >= 4 is 11.6 Å². The van der Waals surface area contributed by atoms with Crippen LogP contribution in [0.5, 0.6) is 0 Å². The highest BCUT2D eigenvalue weighted by Gasteiger charge is 2.29. The summed E-state index contributed by atoms with van der Waals surface area (Å²) >= 11 is 0. The molecular weight excluding hydrogens is 252 g/mol. The van der Waals surface area contributed by atoms with Gasteiger partial charge in [-0.1, -0.05) is 13.0 Å². The summed E-state index contributed by atoms with van der Waals surface area (Å²) in [4.78, 5) is 16.3. The Kier molecular flexibility index (Phi) is 3.52. The van der Waals surface area contributed by atoms with E-state index in [-0.39, 0.29) is 11.8 Å². The second-order valence-corrected chi connectivity index (χ2v) is 5.25. The summed E-state index contributed by atoms with van der Waals surface area (Å²) in [5, 5.41) is 6.25. The minimum absolute atomic E-state index is 0.0481. The highest BCUT2D eigenvalue weighted by atomic mass is 16.1. The number of hydrogen-bond acceptors (Lipinski definition) is 3. The van der Waals surface area contributed by atoms with Gasteiger partial charge in [0.15, 0.2) is 0 Å². The molecule has 5 nitrogen and oxygen atoms in total. The quantitative estimate of drug-likeness (QED) is 0.892. The average Bonchev–Trinajstić information content (AvgIpc) is 3.09. The number of hydrogen-bond donors (Lipinski definition) is 2. The smallest absolute Gasteiger partial charge is 0.229 e. The normalized spacial score (nSPS) is 21.9. The molecule has 0 unspecified atom stereocenters. The summed E-state index contributed by atoms with van der Waals surface area (Å²) in [6, 6.07) is 7.77. The lowest BCUT2D eigenvalue weighted by atomic mass is 9.97. The van der Waals surface area contributed by atoms with E-state index in [2.05, 4.69) is 22.5 Å². The average molecular weight is 270 g/mol. The summed E-state index contributed by atoms with van der Waals surface area (Å²) in [5.74, 6) is 0.518. The van der Waals surface area contributed by atoms with Crippen LogP contribution in [-0.4, -0.2) is 28.5 Å². The van der Waals surface area contributed by atoms with Crippen LogP contribution in [0.4, 0.5) is 5.69 Å². The van der Waals surface area contributed by atoms with Crippen LogP contribution in [0.3, 0.4) is 0 Å². The number of aromatic nitrogens is 2. The molecule has 3 rings (SSSR count). The van der Waals surface area contributed by atoms with Gasteiger partial charge in [0, 0.05) is 30.3 Å². The lowest BCUT2D eigenvalue weighted by Gasteiger charge is -2.14. The molecule has 2 heterocycles. The van der Waals surface area contributed by atoms with Gasteiger partial charge in [-0.2, -0.15) is 0 Å². The molecule has 1 aromatic heterocycles. The van der Waals surface area contributed by atoms with E-state index < -0.39 is 0 Å². The van der Waals surface area contributed by atoms with Crippen LogP contribution in [0, 0.1) is 11.8 Å². The molecule has 1 aromatic carbocycles. The first kappa shape index (κ1) is 12.9. The van der Waals surface area contributed by atoms with E-state index in [1.807, 2.05) is 35.0 Å². The fraction of sp³-hybridized carbons (Fsp3) is 0.333. The minimum atomic E-state index is 0.0481. The maximum Gasteiger partial charge on any atom is 0.229 e. The van der Waals surface area contributed by atoms with Crippen LogP contribution in [-0.2, 0) is 4.79 Å². The third-order valence-electron chi connectivity index (χ3n) is 3.77. The van der Waals surface area contributed by atoms with E-state index in [0.717, 1.165) is 24.5 Å². The van der Waals surface area contributed by atoms with E-state index in [1.54, 1.807) is 12.5 Å². The molecule has 0 aliphatic carbocycles. The molecule has 5 heteroatoms. The minimum Gasteiger partial charge on any atom is -0.326 e. The first-order chi connectivity index (χ1) is 9.74. The predicted molar refractivity (Wildman–Crippen MR) is 77.7 cm³/mol. The molecule has 1 saturated heterocycles. The molecule has 1 amide bonds. The molecule has 2 aromatic rings. The molecule has 20 heavy (non-hydrogen) atoms. The molecule has 2 atom stereocenters. The SMILES string of the molecule is C[C@@H]1CNC[C@H]1C(=O)Nc1cccc(-n2ccnc2)c1. The van der Waals surface area contributed by atoms with E-state index in [9.17, 15) is 4.79 Å². The Morgan fingerprint density at radius 1 is 1.45 bits per heavy atom. The molecule has 0 spiro atoms. The Labute approximate surface area is 118 Å². The molecule has 0 saturated carbocycles. The van der Waals surface area contributed by atoms with Gasteiger partial charge in [0.25, 0.3) is 0 Å². The van der Waals surface area contributed by atoms with Crippen LogP contribution in [0.2, 0.25) is 0 Å². The number of anilines is 1. The molecular formula is C15H18N4O. The molecule has 1 fully saturated rings. The summed E-state index contributed by atoms with van der Waals surface area (Å²) in [7, 11) is 0. The number of benzene rings is 1. The number of nitrogens with zero attached hydrogens (tertiary/aromatic N) is 2. The topological polar surface area (TPSA) is 59.0 Å². The van der Waals surface area contributed by atoms with E-state index in [1.165, 1.54) is 0 Å². The van der Waals surface area contributed by atoms with Crippen LogP contribution < -0.4 is 10.6 Å². The van der Waals surface area contributed by atoms with E-state index in [4.69, 9.17) is 0 Å². The first-order valence-corrected chi connectivity index (χ1v) is 6.84. The fourth-order valence-electron chi connectivity index (χ4n) is 2.55. The second kappa shape index (κ2) is 5.46. The Balaban J connectivity index is 1.74. The summed E-state index contributed by atoms with van der Waals surface area (Å²) < 4.78 is 1.91. The fourth-order valence-corrected chi connectivity index (χ4v) is 2.55. The Hall–Kier alpha value is -2.14. The van der Waals surface area contributed by atoms with E-state index in [0.29, 0.717) is 5.92 Å². The Bertz CT molecular complexity index is 594. The molecule has 2 N–H and O–H groups in total. The van der Waals surface area contributed by atoms with Crippen molar-refractivity contribution in [2.24, 2.45) is 11.8 Å². The highest BCUT2D eigenvalue weighted by molar-refractivity contribution is 5.93. The predicted octanol–water partition coefficient (Wildman–Crippen LogP) is 1.67. The van der Waals surface area contributed by atoms with Crippen molar-refractivity contribution in [3.05, 3.63) is 43.0 Å². The number of amides is 1. The monoisotopic (exact) mass is 270 g/mol. The van der Waals surface area contributed by atoms with Crippen molar-refractivity contribution < 1.29 is 4.79 Å². The first-order valence-electron chi connectivity index (χ1n) is 6.84. The van der Waals surface area contributed by atoms with Gasteiger partial charge in [-0.15, -0.1) is 0 Å². The third kappa shape index (κ3) is 2.58. The zero-order valence-electron chi connectivity index (χ0n) is 11.4. The van der Waals surface area contributed by atoms with Crippen molar-refractivity contribution in [3.8, 4) is 5.69 Å². The summed E-state index contributed by atoms with van der Waals surface area (Å²) in [6.45, 7) is 3.77. The van der Waals surface area contributed by atoms with Crippen LogP contribution in [0.1, 0.15) is 6.92 Å². The second-order valence-electron chi connectivity index (χ2n) is 5.25. The molecule has 1 aliphatic heterocycles. The molecule has 104 valence electrons. The van der Waals surface area contributed by atoms with Crippen LogP contribution >= 0.6 is 0 Å². The lowest BCUT2D eigenvalue weighted by molar-refractivity contribution is -0.120. The van der Waals surface area contributed by atoms with Crippen molar-refractivity contribution in [1.82, 2.24) is 14.9 Å². The summed E-state index contributed by atoms with van der Waals surface area (Å²) in [6.07, 6.45) is 5.35. The molecule has 0 bridgehead atoms. The van der Waals surface area contributed by atoms with E-state index >= 15 is 0 Å². The highest BCUT2D eigenvalue weighted by Crippen LogP contribution is 2.20. The van der Waals surface area contributed by atoms with Gasteiger partial charge in [0.05, 0.1) is 12.2 Å². The van der Waals surface area contributed by atoms with Gasteiger partial charge in [-0.05, 0) is 30.7 Å². The van der Waals surface area contributed by atoms with Crippen LogP contribution in [0.15, 0.2) is 43.0 Å². The van der Waals surface area contributed by atoms with Gasteiger partial charge >= 0.3 is 0 Å². The number of rotatable bonds is 3. The zero-order valence-corrected chi connectivity index (χ0v) is 11.4. The van der Waals surface area contributed by atoms with Gasteiger partial charge < -0.3 is 15.2 Å². The standard InChI is InChI=1S/C15H18N4O/c1-11-8-17-9-14(11)15(20)18-12-3-2-4-13(7-12)19-6-5-16-10-19/h2-7,10-11,14,17H,8-9H2,1H3,(H,18,20)/t11-,14-/m1/s1. The van der Waals surface area contributed by atoms with Crippen molar-refractivity contribution in [2.45, 2.75) is 6.92 Å². The van der Waals surface area contributed by atoms with Crippen molar-refractivity contribution in [1.29, 1.82) is 0 Å². The number of carbonyl (C=O) groups excluding carboxylic acids is 1. The number of nitrogens with one attached hydrogen (secondary N) is 2. The van der Waals surface area contributed by atoms with Gasteiger partial charge in [0.1, 0.15) is 0 Å². The van der Waals surface area contributed by atoms with Gasteiger partial charge in [-0.3, -0.25) is 4.79 Å². The third-order valence-corrected chi connectivity index (χ3v) is 3.77. The zero-order chi connectivity index (χ0) is 13.9. The largest absolute Gasteiger partial charge is 0.326 e. The van der Waals surface area contributed by atoms with Gasteiger partial charge in [-0.25, -0.2) is 4.98 Å². The summed E-state index contributed by atoms with van der Waals surface area (Å²) in [5.41, 5.74) is 1.80. The molecule has 0 radical (unpaired) electrons. The maximum atomic E-state index is 12.3. The number of carbonyl (C=O) groups is 1. The Morgan fingerprint density at radius 2 is 2.35 bits per heavy atom. The maximum absolute atomic E-state index is 12.3. The lowest BCUT2D eigenvalue weighted by Crippen LogP contribution is -2.27. The van der Waals surface area contributed by atoms with Crippen molar-refractivity contribution in [3.63, 3.8) is 0 Å². The van der Waals surface area contributed by atoms with Crippen molar-refractivity contribution in [2.75, 3.05) is 18.4 Å². The van der Waals surface area contributed by atoms with Gasteiger partial charge in [0.2, 0.25) is 5.91 Å². The molecule has 1 aliphatic rings. The number of imidazole rings is 1. The van der Waals surface area contributed by atoms with Crippen LogP contribution in [0.25, 0.3) is 5.69 Å². The Morgan fingerprint density at radius 3 is 3.05 bits per heavy atom.